The highest BCUT2D eigenvalue weighted by molar-refractivity contribution is 5.80. The van der Waals surface area contributed by atoms with Crippen molar-refractivity contribution in [2.45, 2.75) is 26.2 Å². The Kier molecular flexibility index (Phi) is 5.49. The Morgan fingerprint density at radius 3 is 2.75 bits per heavy atom. The molecule has 2 unspecified atom stereocenters. The lowest BCUT2D eigenvalue weighted by Gasteiger charge is -2.17. The van der Waals surface area contributed by atoms with Crippen molar-refractivity contribution >= 4 is 5.97 Å². The van der Waals surface area contributed by atoms with E-state index in [1.54, 1.807) is 6.92 Å². The van der Waals surface area contributed by atoms with Crippen LogP contribution in [0.15, 0.2) is 11.6 Å². The van der Waals surface area contributed by atoms with Gasteiger partial charge in [-0.2, -0.15) is 0 Å². The molecule has 4 nitrogen and oxygen atoms in total. The summed E-state index contributed by atoms with van der Waals surface area (Å²) in [5.74, 6) is 0.0762. The van der Waals surface area contributed by atoms with Crippen molar-refractivity contribution in [2.75, 3.05) is 19.7 Å². The summed E-state index contributed by atoms with van der Waals surface area (Å²) in [5.41, 5.74) is 0.825. The standard InChI is InChI=1S/C12H21NO3/c1-9(5-12(15)16)6-13-7-10-3-2-4-11(10)8-14/h5,10-11,13-14H,2-4,6-8H2,1H3,(H,15,16). The Hall–Kier alpha value is -0.870. The molecule has 0 heterocycles. The van der Waals surface area contributed by atoms with Crippen LogP contribution in [-0.4, -0.2) is 35.9 Å². The number of nitrogens with one attached hydrogen (secondary N) is 1. The van der Waals surface area contributed by atoms with Crippen LogP contribution in [0.4, 0.5) is 0 Å². The molecule has 0 aromatic carbocycles. The number of rotatable bonds is 6. The topological polar surface area (TPSA) is 69.6 Å². The molecule has 1 rings (SSSR count). The van der Waals surface area contributed by atoms with Gasteiger partial charge < -0.3 is 15.5 Å². The highest BCUT2D eigenvalue weighted by atomic mass is 16.4. The molecule has 2 atom stereocenters. The average molecular weight is 227 g/mol. The molecule has 3 N–H and O–H groups in total. The van der Waals surface area contributed by atoms with Crippen molar-refractivity contribution in [2.24, 2.45) is 11.8 Å². The van der Waals surface area contributed by atoms with Gasteiger partial charge in [0.15, 0.2) is 0 Å². The van der Waals surface area contributed by atoms with E-state index in [0.717, 1.165) is 18.5 Å². The minimum Gasteiger partial charge on any atom is -0.478 e. The summed E-state index contributed by atoms with van der Waals surface area (Å²) < 4.78 is 0. The van der Waals surface area contributed by atoms with E-state index < -0.39 is 5.97 Å². The second-order valence-corrected chi connectivity index (χ2v) is 4.59. The fourth-order valence-corrected chi connectivity index (χ4v) is 2.34. The molecule has 0 bridgehead atoms. The summed E-state index contributed by atoms with van der Waals surface area (Å²) in [6.07, 6.45) is 4.71. The zero-order chi connectivity index (χ0) is 12.0. The SMILES string of the molecule is CC(=CC(=O)O)CNCC1CCCC1CO. The second-order valence-electron chi connectivity index (χ2n) is 4.59. The maximum absolute atomic E-state index is 10.4. The zero-order valence-electron chi connectivity index (χ0n) is 9.78. The molecule has 0 saturated heterocycles. The first-order valence-electron chi connectivity index (χ1n) is 5.85. The lowest BCUT2D eigenvalue weighted by molar-refractivity contribution is -0.131. The fraction of sp³-hybridized carbons (Fsp3) is 0.750. The monoisotopic (exact) mass is 227 g/mol. The van der Waals surface area contributed by atoms with Gasteiger partial charge >= 0.3 is 5.97 Å². The number of carboxylic acids is 1. The summed E-state index contributed by atoms with van der Waals surface area (Å²) in [5, 5.41) is 20.9. The van der Waals surface area contributed by atoms with Crippen molar-refractivity contribution in [3.8, 4) is 0 Å². The minimum atomic E-state index is -0.895. The predicted octanol–water partition coefficient (Wildman–Crippen LogP) is 1.02. The molecular weight excluding hydrogens is 206 g/mol. The largest absolute Gasteiger partial charge is 0.478 e. The lowest BCUT2D eigenvalue weighted by atomic mass is 9.97. The van der Waals surface area contributed by atoms with Gasteiger partial charge in [-0.1, -0.05) is 12.0 Å². The van der Waals surface area contributed by atoms with E-state index in [1.165, 1.54) is 18.9 Å². The van der Waals surface area contributed by atoms with Gasteiger partial charge in [0.25, 0.3) is 0 Å². The Morgan fingerprint density at radius 2 is 2.12 bits per heavy atom. The normalized spacial score (nSPS) is 26.0. The Bertz CT molecular complexity index is 263. The molecule has 1 saturated carbocycles. The van der Waals surface area contributed by atoms with Gasteiger partial charge in [0, 0.05) is 19.2 Å². The summed E-state index contributed by atoms with van der Waals surface area (Å²) in [6.45, 7) is 3.56. The Morgan fingerprint density at radius 1 is 1.44 bits per heavy atom. The van der Waals surface area contributed by atoms with Crippen LogP contribution in [-0.2, 0) is 4.79 Å². The third-order valence-electron chi connectivity index (χ3n) is 3.23. The average Bonchev–Trinajstić information content (AvgIpc) is 2.64. The fourth-order valence-electron chi connectivity index (χ4n) is 2.34. The van der Waals surface area contributed by atoms with Crippen LogP contribution in [0.1, 0.15) is 26.2 Å². The first-order valence-corrected chi connectivity index (χ1v) is 5.85. The molecule has 1 aliphatic rings. The van der Waals surface area contributed by atoms with Crippen LogP contribution >= 0.6 is 0 Å². The second kappa shape index (κ2) is 6.66. The van der Waals surface area contributed by atoms with Crippen LogP contribution in [0.2, 0.25) is 0 Å². The van der Waals surface area contributed by atoms with Gasteiger partial charge in [0.05, 0.1) is 0 Å². The Balaban J connectivity index is 2.22. The number of carbonyl (C=O) groups is 1. The predicted molar refractivity (Wildman–Crippen MR) is 62.2 cm³/mol. The van der Waals surface area contributed by atoms with E-state index in [-0.39, 0.29) is 6.61 Å². The molecule has 92 valence electrons. The third kappa shape index (κ3) is 4.33. The number of hydrogen-bond donors (Lipinski definition) is 3. The third-order valence-corrected chi connectivity index (χ3v) is 3.23. The summed E-state index contributed by atoms with van der Waals surface area (Å²) in [6, 6.07) is 0. The van der Waals surface area contributed by atoms with Crippen LogP contribution in [0.3, 0.4) is 0 Å². The number of aliphatic hydroxyl groups is 1. The van der Waals surface area contributed by atoms with Crippen LogP contribution in [0.25, 0.3) is 0 Å². The van der Waals surface area contributed by atoms with Gasteiger partial charge in [0.2, 0.25) is 0 Å². The molecule has 1 aliphatic carbocycles. The molecule has 0 radical (unpaired) electrons. The first-order chi connectivity index (χ1) is 7.63. The van der Waals surface area contributed by atoms with Crippen LogP contribution < -0.4 is 5.32 Å². The molecule has 0 aromatic heterocycles. The summed E-state index contributed by atoms with van der Waals surface area (Å²) >= 11 is 0. The number of aliphatic carboxylic acids is 1. The van der Waals surface area contributed by atoms with Gasteiger partial charge in [-0.3, -0.25) is 0 Å². The maximum Gasteiger partial charge on any atom is 0.328 e. The van der Waals surface area contributed by atoms with Crippen LogP contribution in [0, 0.1) is 11.8 Å². The molecule has 0 amide bonds. The summed E-state index contributed by atoms with van der Waals surface area (Å²) in [4.78, 5) is 10.4. The maximum atomic E-state index is 10.4. The van der Waals surface area contributed by atoms with E-state index >= 15 is 0 Å². The molecule has 0 aliphatic heterocycles. The molecule has 1 fully saturated rings. The highest BCUT2D eigenvalue weighted by Gasteiger charge is 2.25. The van der Waals surface area contributed by atoms with E-state index in [9.17, 15) is 4.79 Å². The van der Waals surface area contributed by atoms with Crippen LogP contribution in [0.5, 0.6) is 0 Å². The number of hydrogen-bond acceptors (Lipinski definition) is 3. The lowest BCUT2D eigenvalue weighted by Crippen LogP contribution is -2.28. The Labute approximate surface area is 96.4 Å². The van der Waals surface area contributed by atoms with E-state index in [0.29, 0.717) is 18.4 Å². The van der Waals surface area contributed by atoms with Crippen molar-refractivity contribution in [1.29, 1.82) is 0 Å². The quantitative estimate of drug-likeness (QED) is 0.592. The van der Waals surface area contributed by atoms with E-state index in [4.69, 9.17) is 10.2 Å². The molecular formula is C12H21NO3. The molecule has 0 aromatic rings. The van der Waals surface area contributed by atoms with E-state index in [2.05, 4.69) is 5.32 Å². The van der Waals surface area contributed by atoms with Gasteiger partial charge in [-0.15, -0.1) is 0 Å². The molecule has 4 heteroatoms. The van der Waals surface area contributed by atoms with Crippen molar-refractivity contribution in [3.05, 3.63) is 11.6 Å². The zero-order valence-corrected chi connectivity index (χ0v) is 9.78. The van der Waals surface area contributed by atoms with Gasteiger partial charge in [-0.25, -0.2) is 4.79 Å². The first kappa shape index (κ1) is 13.2. The number of aliphatic hydroxyl groups excluding tert-OH is 1. The van der Waals surface area contributed by atoms with Crippen molar-refractivity contribution in [1.82, 2.24) is 5.32 Å². The van der Waals surface area contributed by atoms with Crippen molar-refractivity contribution < 1.29 is 15.0 Å². The highest BCUT2D eigenvalue weighted by Crippen LogP contribution is 2.30. The van der Waals surface area contributed by atoms with Gasteiger partial charge in [-0.05, 0) is 38.1 Å². The van der Waals surface area contributed by atoms with E-state index in [1.807, 2.05) is 0 Å². The smallest absolute Gasteiger partial charge is 0.328 e. The molecule has 0 spiro atoms. The van der Waals surface area contributed by atoms with Gasteiger partial charge in [0.1, 0.15) is 0 Å². The number of carboxylic acid groups (broad SMARTS) is 1. The van der Waals surface area contributed by atoms with Crippen molar-refractivity contribution in [3.63, 3.8) is 0 Å². The minimum absolute atomic E-state index is 0.274. The summed E-state index contributed by atoms with van der Waals surface area (Å²) in [7, 11) is 0. The molecule has 16 heavy (non-hydrogen) atoms.